The number of carbonyl (C=O) groups excluding carboxylic acids is 4. The Bertz CT molecular complexity index is 1120. The van der Waals surface area contributed by atoms with Crippen LogP contribution in [0.15, 0.2) is 42.5 Å². The zero-order chi connectivity index (χ0) is 27.2. The van der Waals surface area contributed by atoms with Crippen LogP contribution in [-0.2, 0) is 19.1 Å². The Kier molecular flexibility index (Phi) is 9.05. The molecule has 0 spiro atoms. The minimum atomic E-state index is -1.40. The number of hydrogen-bond donors (Lipinski definition) is 4. The van der Waals surface area contributed by atoms with E-state index < -0.39 is 47.9 Å². The molecule has 4 amide bonds. The number of likely N-dealkylation sites (N-methyl/N-ethyl adjacent to an activating group) is 1. The Balaban J connectivity index is 2.45. The van der Waals surface area contributed by atoms with Crippen molar-refractivity contribution in [2.45, 2.75) is 58.7 Å². The van der Waals surface area contributed by atoms with Crippen LogP contribution in [0.2, 0.25) is 0 Å². The number of primary amides is 1. The Labute approximate surface area is 210 Å². The first-order chi connectivity index (χ1) is 16.7. The summed E-state index contributed by atoms with van der Waals surface area (Å²) < 4.78 is 5.20. The third-order valence-electron chi connectivity index (χ3n) is 5.34. The minimum absolute atomic E-state index is 0.159. The molecule has 0 aliphatic heterocycles. The number of phenolic OH excluding ortho intramolecular Hbond substituents is 1. The molecule has 2 atom stereocenters. The number of carbonyl (C=O) groups is 4. The zero-order valence-corrected chi connectivity index (χ0v) is 21.4. The number of amides is 4. The summed E-state index contributed by atoms with van der Waals surface area (Å²) in [6.07, 6.45) is -1.44. The number of hydrogen-bond acceptors (Lipinski definition) is 6. The fraction of sp³-hybridized carbons (Fsp3) is 0.385. The van der Waals surface area contributed by atoms with Crippen molar-refractivity contribution in [3.05, 3.63) is 59.2 Å². The maximum Gasteiger partial charge on any atom is 0.408 e. The standard InChI is InChI=1S/C26H34N4O6/c1-15-10-9-11-16(2)21(15)29-23(33)22(17-12-7-8-13-19(17)31)30(6)24(34)18(14-20(27)32)28-25(35)36-26(3,4)5/h7-13,18,22,31H,14H2,1-6H3,(H2,27,32)(H,28,35)(H,29,33). The Hall–Kier alpha value is -4.08. The molecule has 36 heavy (non-hydrogen) atoms. The number of anilines is 1. The smallest absolute Gasteiger partial charge is 0.408 e. The molecule has 10 nitrogen and oxygen atoms in total. The number of nitrogens with two attached hydrogens (primary N) is 1. The van der Waals surface area contributed by atoms with Gasteiger partial charge in [-0.3, -0.25) is 14.4 Å². The molecule has 0 bridgehead atoms. The molecule has 2 aromatic rings. The van der Waals surface area contributed by atoms with E-state index >= 15 is 0 Å². The van der Waals surface area contributed by atoms with Crippen LogP contribution in [0.5, 0.6) is 5.75 Å². The third kappa shape index (κ3) is 7.46. The molecule has 0 fully saturated rings. The average Bonchev–Trinajstić information content (AvgIpc) is 2.75. The van der Waals surface area contributed by atoms with Crippen LogP contribution in [0.25, 0.3) is 0 Å². The van der Waals surface area contributed by atoms with Gasteiger partial charge in [-0.2, -0.15) is 0 Å². The van der Waals surface area contributed by atoms with Crippen molar-refractivity contribution < 1.29 is 29.0 Å². The van der Waals surface area contributed by atoms with Crippen molar-refractivity contribution in [3.63, 3.8) is 0 Å². The van der Waals surface area contributed by atoms with Gasteiger partial charge in [0, 0.05) is 18.3 Å². The van der Waals surface area contributed by atoms with Crippen LogP contribution in [-0.4, -0.2) is 52.5 Å². The van der Waals surface area contributed by atoms with Crippen LogP contribution < -0.4 is 16.4 Å². The number of benzene rings is 2. The summed E-state index contributed by atoms with van der Waals surface area (Å²) in [4.78, 5) is 52.1. The summed E-state index contributed by atoms with van der Waals surface area (Å²) in [5.41, 5.74) is 6.83. The predicted molar refractivity (Wildman–Crippen MR) is 135 cm³/mol. The average molecular weight is 499 g/mol. The van der Waals surface area contributed by atoms with E-state index in [9.17, 15) is 24.3 Å². The highest BCUT2D eigenvalue weighted by Crippen LogP contribution is 2.31. The van der Waals surface area contributed by atoms with E-state index in [-0.39, 0.29) is 11.3 Å². The maximum absolute atomic E-state index is 13.6. The van der Waals surface area contributed by atoms with Gasteiger partial charge in [0.15, 0.2) is 0 Å². The molecule has 0 heterocycles. The predicted octanol–water partition coefficient (Wildman–Crippen LogP) is 2.92. The SMILES string of the molecule is Cc1cccc(C)c1NC(=O)C(c1ccccc1O)N(C)C(=O)C(CC(N)=O)NC(=O)OC(C)(C)C. The third-order valence-corrected chi connectivity index (χ3v) is 5.34. The van der Waals surface area contributed by atoms with E-state index in [1.165, 1.54) is 19.2 Å². The van der Waals surface area contributed by atoms with Gasteiger partial charge in [0.05, 0.1) is 6.42 Å². The number of phenols is 1. The number of nitrogens with zero attached hydrogens (tertiary/aromatic N) is 1. The summed E-state index contributed by atoms with van der Waals surface area (Å²) >= 11 is 0. The molecular formula is C26H34N4O6. The molecule has 2 unspecified atom stereocenters. The largest absolute Gasteiger partial charge is 0.508 e. The number of para-hydroxylation sites is 2. The minimum Gasteiger partial charge on any atom is -0.508 e. The molecule has 2 rings (SSSR count). The molecule has 0 aliphatic carbocycles. The van der Waals surface area contributed by atoms with Crippen LogP contribution in [0.4, 0.5) is 10.5 Å². The molecule has 194 valence electrons. The summed E-state index contributed by atoms with van der Waals surface area (Å²) in [6.45, 7) is 8.61. The highest BCUT2D eigenvalue weighted by atomic mass is 16.6. The van der Waals surface area contributed by atoms with Crippen molar-refractivity contribution in [1.82, 2.24) is 10.2 Å². The second-order valence-electron chi connectivity index (χ2n) is 9.54. The summed E-state index contributed by atoms with van der Waals surface area (Å²) in [6, 6.07) is 8.93. The Morgan fingerprint density at radius 3 is 2.14 bits per heavy atom. The van der Waals surface area contributed by atoms with Crippen molar-refractivity contribution in [2.75, 3.05) is 12.4 Å². The van der Waals surface area contributed by atoms with Crippen molar-refractivity contribution in [3.8, 4) is 5.75 Å². The van der Waals surface area contributed by atoms with Gasteiger partial charge < -0.3 is 31.1 Å². The number of alkyl carbamates (subject to hydrolysis) is 1. The summed E-state index contributed by atoms with van der Waals surface area (Å²) in [7, 11) is 1.34. The van der Waals surface area contributed by atoms with Gasteiger partial charge in [0.1, 0.15) is 23.4 Å². The lowest BCUT2D eigenvalue weighted by Gasteiger charge is -2.32. The lowest BCUT2D eigenvalue weighted by atomic mass is 10.0. The van der Waals surface area contributed by atoms with Crippen LogP contribution in [0, 0.1) is 13.8 Å². The van der Waals surface area contributed by atoms with Crippen LogP contribution in [0.1, 0.15) is 49.9 Å². The topological polar surface area (TPSA) is 151 Å². The van der Waals surface area contributed by atoms with Gasteiger partial charge in [0.2, 0.25) is 11.8 Å². The van der Waals surface area contributed by atoms with Crippen LogP contribution in [0.3, 0.4) is 0 Å². The van der Waals surface area contributed by atoms with Gasteiger partial charge >= 0.3 is 6.09 Å². The monoisotopic (exact) mass is 498 g/mol. The van der Waals surface area contributed by atoms with Gasteiger partial charge in [-0.25, -0.2) is 4.79 Å². The summed E-state index contributed by atoms with van der Waals surface area (Å²) in [5, 5.41) is 15.7. The molecular weight excluding hydrogens is 464 g/mol. The summed E-state index contributed by atoms with van der Waals surface area (Å²) in [5.74, 6) is -2.41. The Morgan fingerprint density at radius 2 is 1.61 bits per heavy atom. The fourth-order valence-electron chi connectivity index (χ4n) is 3.67. The number of aryl methyl sites for hydroxylation is 2. The first-order valence-corrected chi connectivity index (χ1v) is 11.4. The van der Waals surface area contributed by atoms with E-state index in [0.717, 1.165) is 16.0 Å². The quantitative estimate of drug-likeness (QED) is 0.439. The number of rotatable bonds is 8. The normalized spacial score (nSPS) is 12.7. The van der Waals surface area contributed by atoms with Gasteiger partial charge in [-0.05, 0) is 51.8 Å². The molecule has 0 saturated carbocycles. The van der Waals surface area contributed by atoms with E-state index in [1.54, 1.807) is 32.9 Å². The molecule has 10 heteroatoms. The van der Waals surface area contributed by atoms with Crippen molar-refractivity contribution in [1.29, 1.82) is 0 Å². The van der Waals surface area contributed by atoms with Gasteiger partial charge in [0.25, 0.3) is 5.91 Å². The lowest BCUT2D eigenvalue weighted by molar-refractivity contribution is -0.140. The molecule has 0 aromatic heterocycles. The first kappa shape index (κ1) is 28.2. The lowest BCUT2D eigenvalue weighted by Crippen LogP contribution is -2.52. The number of nitrogens with one attached hydrogen (secondary N) is 2. The molecule has 5 N–H and O–H groups in total. The van der Waals surface area contributed by atoms with E-state index in [2.05, 4.69) is 10.6 Å². The molecule has 0 aliphatic rings. The Morgan fingerprint density at radius 1 is 1.03 bits per heavy atom. The molecule has 0 radical (unpaired) electrons. The van der Waals surface area contributed by atoms with Gasteiger partial charge in [-0.15, -0.1) is 0 Å². The second kappa shape index (κ2) is 11.6. The number of ether oxygens (including phenoxy) is 1. The molecule has 2 aromatic carbocycles. The zero-order valence-electron chi connectivity index (χ0n) is 21.4. The highest BCUT2D eigenvalue weighted by Gasteiger charge is 2.36. The second-order valence-corrected chi connectivity index (χ2v) is 9.54. The van der Waals surface area contributed by atoms with E-state index in [4.69, 9.17) is 10.5 Å². The van der Waals surface area contributed by atoms with Crippen molar-refractivity contribution >= 4 is 29.5 Å². The number of aromatic hydroxyl groups is 1. The highest BCUT2D eigenvalue weighted by molar-refractivity contribution is 6.00. The van der Waals surface area contributed by atoms with E-state index in [0.29, 0.717) is 5.69 Å². The van der Waals surface area contributed by atoms with E-state index in [1.807, 2.05) is 32.0 Å². The van der Waals surface area contributed by atoms with Crippen molar-refractivity contribution in [2.24, 2.45) is 5.73 Å². The van der Waals surface area contributed by atoms with Crippen LogP contribution >= 0.6 is 0 Å². The van der Waals surface area contributed by atoms with Gasteiger partial charge in [-0.1, -0.05) is 36.4 Å². The molecule has 0 saturated heterocycles. The first-order valence-electron chi connectivity index (χ1n) is 11.4. The maximum atomic E-state index is 13.6. The fourth-order valence-corrected chi connectivity index (χ4v) is 3.67.